The van der Waals surface area contributed by atoms with Gasteiger partial charge < -0.3 is 9.51 Å². The number of halogens is 1. The van der Waals surface area contributed by atoms with Crippen molar-refractivity contribution in [3.8, 4) is 11.4 Å². The zero-order valence-electron chi connectivity index (χ0n) is 15.3. The van der Waals surface area contributed by atoms with E-state index in [1.807, 2.05) is 13.8 Å². The number of aromatic nitrogens is 4. The van der Waals surface area contributed by atoms with E-state index in [1.54, 1.807) is 36.4 Å². The minimum Gasteiger partial charge on any atom is -0.339 e. The van der Waals surface area contributed by atoms with Crippen molar-refractivity contribution < 1.29 is 8.91 Å². The van der Waals surface area contributed by atoms with Crippen LogP contribution in [0.1, 0.15) is 31.3 Å². The first-order chi connectivity index (χ1) is 13.4. The summed E-state index contributed by atoms with van der Waals surface area (Å²) in [6, 6.07) is 11.4. The molecule has 0 amide bonds. The molecule has 7 nitrogen and oxygen atoms in total. The Kier molecular flexibility index (Phi) is 4.38. The summed E-state index contributed by atoms with van der Waals surface area (Å²) >= 11 is 0. The number of rotatable bonds is 4. The molecule has 0 saturated heterocycles. The van der Waals surface area contributed by atoms with Crippen molar-refractivity contribution in [3.63, 3.8) is 0 Å². The van der Waals surface area contributed by atoms with Gasteiger partial charge in [0.2, 0.25) is 11.7 Å². The lowest BCUT2D eigenvalue weighted by Gasteiger charge is -2.13. The maximum absolute atomic E-state index is 13.8. The van der Waals surface area contributed by atoms with Crippen molar-refractivity contribution in [3.05, 3.63) is 80.4 Å². The highest BCUT2D eigenvalue weighted by Crippen LogP contribution is 2.22. The van der Waals surface area contributed by atoms with Gasteiger partial charge in [-0.25, -0.2) is 4.39 Å². The molecule has 2 heterocycles. The predicted octanol–water partition coefficient (Wildman–Crippen LogP) is 3.05. The molecule has 0 radical (unpaired) electrons. The molecule has 0 aliphatic rings. The fourth-order valence-corrected chi connectivity index (χ4v) is 3.14. The van der Waals surface area contributed by atoms with E-state index in [0.717, 1.165) is 0 Å². The maximum Gasteiger partial charge on any atom is 0.316 e. The van der Waals surface area contributed by atoms with Crippen LogP contribution in [0.2, 0.25) is 0 Å². The van der Waals surface area contributed by atoms with Crippen LogP contribution in [0.25, 0.3) is 22.4 Å². The van der Waals surface area contributed by atoms with Crippen LogP contribution in [-0.4, -0.2) is 19.7 Å². The molecule has 0 aliphatic carbocycles. The Morgan fingerprint density at radius 2 is 1.96 bits per heavy atom. The highest BCUT2D eigenvalue weighted by Gasteiger charge is 2.14. The minimum absolute atomic E-state index is 0.166. The number of hydrogen-bond donors (Lipinski definition) is 1. The molecular formula is C20H17FN4O3. The lowest BCUT2D eigenvalue weighted by molar-refractivity contribution is 0.384. The lowest BCUT2D eigenvalue weighted by Crippen LogP contribution is -2.37. The SMILES string of the molecule is CC(C)n1c(=O)c(=O)[nH]c2cc(-c3noc(Cc4ccccc4F)n3)ccc21. The monoisotopic (exact) mass is 380 g/mol. The molecule has 0 unspecified atom stereocenters. The predicted molar refractivity (Wildman–Crippen MR) is 102 cm³/mol. The summed E-state index contributed by atoms with van der Waals surface area (Å²) in [5.74, 6) is 0.259. The van der Waals surface area contributed by atoms with Gasteiger partial charge in [0.25, 0.3) is 0 Å². The van der Waals surface area contributed by atoms with Gasteiger partial charge in [-0.15, -0.1) is 0 Å². The molecule has 8 heteroatoms. The molecule has 4 rings (SSSR count). The number of nitrogens with zero attached hydrogens (tertiary/aromatic N) is 3. The summed E-state index contributed by atoms with van der Waals surface area (Å²) in [7, 11) is 0. The third-order valence-electron chi connectivity index (χ3n) is 4.46. The third kappa shape index (κ3) is 3.13. The fourth-order valence-electron chi connectivity index (χ4n) is 3.14. The number of H-pyrrole nitrogens is 1. The number of aromatic amines is 1. The Bertz CT molecular complexity index is 1290. The summed E-state index contributed by atoms with van der Waals surface area (Å²) in [6.07, 6.45) is 0.178. The Morgan fingerprint density at radius 3 is 2.71 bits per heavy atom. The molecule has 0 bridgehead atoms. The molecular weight excluding hydrogens is 363 g/mol. The highest BCUT2D eigenvalue weighted by atomic mass is 19.1. The van der Waals surface area contributed by atoms with Crippen LogP contribution in [0.4, 0.5) is 4.39 Å². The second-order valence-electron chi connectivity index (χ2n) is 6.73. The lowest BCUT2D eigenvalue weighted by atomic mass is 10.1. The quantitative estimate of drug-likeness (QED) is 0.549. The normalized spacial score (nSPS) is 11.4. The summed E-state index contributed by atoms with van der Waals surface area (Å²) < 4.78 is 20.5. The second-order valence-corrected chi connectivity index (χ2v) is 6.73. The molecule has 0 aliphatic heterocycles. The molecule has 28 heavy (non-hydrogen) atoms. The van der Waals surface area contributed by atoms with Crippen molar-refractivity contribution in [1.82, 2.24) is 19.7 Å². The Morgan fingerprint density at radius 1 is 1.18 bits per heavy atom. The van der Waals surface area contributed by atoms with E-state index in [0.29, 0.717) is 28.0 Å². The zero-order valence-corrected chi connectivity index (χ0v) is 15.3. The highest BCUT2D eigenvalue weighted by molar-refractivity contribution is 5.80. The van der Waals surface area contributed by atoms with E-state index in [-0.39, 0.29) is 24.2 Å². The fraction of sp³-hybridized carbons (Fsp3) is 0.200. The molecule has 2 aromatic carbocycles. The largest absolute Gasteiger partial charge is 0.339 e. The Hall–Kier alpha value is -3.55. The summed E-state index contributed by atoms with van der Waals surface area (Å²) in [4.78, 5) is 31.0. The Labute approximate surface area is 158 Å². The van der Waals surface area contributed by atoms with Crippen LogP contribution in [0.5, 0.6) is 0 Å². The van der Waals surface area contributed by atoms with E-state index in [1.165, 1.54) is 10.6 Å². The van der Waals surface area contributed by atoms with Gasteiger partial charge >= 0.3 is 11.1 Å². The van der Waals surface area contributed by atoms with Gasteiger partial charge in [-0.1, -0.05) is 23.4 Å². The van der Waals surface area contributed by atoms with Gasteiger partial charge in [0.15, 0.2) is 0 Å². The molecule has 0 saturated carbocycles. The minimum atomic E-state index is -0.688. The van der Waals surface area contributed by atoms with Gasteiger partial charge in [0, 0.05) is 11.6 Å². The molecule has 1 N–H and O–H groups in total. The van der Waals surface area contributed by atoms with Gasteiger partial charge in [-0.3, -0.25) is 14.2 Å². The molecule has 0 atom stereocenters. The number of nitrogens with one attached hydrogen (secondary N) is 1. The van der Waals surface area contributed by atoms with E-state index in [4.69, 9.17) is 4.52 Å². The van der Waals surface area contributed by atoms with Crippen LogP contribution in [-0.2, 0) is 6.42 Å². The maximum atomic E-state index is 13.8. The second kappa shape index (κ2) is 6.88. The zero-order chi connectivity index (χ0) is 19.8. The van der Waals surface area contributed by atoms with Crippen LogP contribution >= 0.6 is 0 Å². The van der Waals surface area contributed by atoms with Crippen molar-refractivity contribution in [2.24, 2.45) is 0 Å². The average Bonchev–Trinajstić information content (AvgIpc) is 3.12. The van der Waals surface area contributed by atoms with E-state index in [9.17, 15) is 14.0 Å². The summed E-state index contributed by atoms with van der Waals surface area (Å²) in [6.45, 7) is 3.67. The van der Waals surface area contributed by atoms with Gasteiger partial charge in [0.05, 0.1) is 17.5 Å². The topological polar surface area (TPSA) is 93.8 Å². The molecule has 0 spiro atoms. The molecule has 4 aromatic rings. The standard InChI is InChI=1S/C20H17FN4O3/c1-11(2)25-16-8-7-13(9-15(16)22-19(26)20(25)27)18-23-17(28-24-18)10-12-5-3-4-6-14(12)21/h3-9,11H,10H2,1-2H3,(H,22,26). The van der Waals surface area contributed by atoms with Gasteiger partial charge in [0.1, 0.15) is 5.82 Å². The van der Waals surface area contributed by atoms with E-state index < -0.39 is 11.1 Å². The molecule has 142 valence electrons. The summed E-state index contributed by atoms with van der Waals surface area (Å²) in [5, 5.41) is 3.95. The van der Waals surface area contributed by atoms with Crippen LogP contribution in [0.3, 0.4) is 0 Å². The van der Waals surface area contributed by atoms with Gasteiger partial charge in [-0.05, 0) is 43.7 Å². The van der Waals surface area contributed by atoms with Crippen LogP contribution < -0.4 is 11.1 Å². The first-order valence-electron chi connectivity index (χ1n) is 8.79. The first kappa shape index (κ1) is 17.8. The number of benzene rings is 2. The number of hydrogen-bond acceptors (Lipinski definition) is 5. The summed E-state index contributed by atoms with van der Waals surface area (Å²) in [5.41, 5.74) is 0.894. The number of fused-ring (bicyclic) bond motifs is 1. The average molecular weight is 380 g/mol. The van der Waals surface area contributed by atoms with E-state index >= 15 is 0 Å². The van der Waals surface area contributed by atoms with E-state index in [2.05, 4.69) is 15.1 Å². The third-order valence-corrected chi connectivity index (χ3v) is 4.46. The van der Waals surface area contributed by atoms with Crippen molar-refractivity contribution in [2.45, 2.75) is 26.3 Å². The first-order valence-corrected chi connectivity index (χ1v) is 8.79. The van der Waals surface area contributed by atoms with Gasteiger partial charge in [-0.2, -0.15) is 4.98 Å². The molecule has 2 aromatic heterocycles. The van der Waals surface area contributed by atoms with Crippen LogP contribution in [0.15, 0.2) is 56.6 Å². The van der Waals surface area contributed by atoms with Crippen molar-refractivity contribution >= 4 is 11.0 Å². The van der Waals surface area contributed by atoms with Crippen molar-refractivity contribution in [2.75, 3.05) is 0 Å². The van der Waals surface area contributed by atoms with Crippen molar-refractivity contribution in [1.29, 1.82) is 0 Å². The smallest absolute Gasteiger partial charge is 0.316 e. The molecule has 0 fully saturated rings. The van der Waals surface area contributed by atoms with Crippen LogP contribution in [0, 0.1) is 5.82 Å². The Balaban J connectivity index is 1.73.